The third-order valence-electron chi connectivity index (χ3n) is 6.60. The second kappa shape index (κ2) is 9.15. The smallest absolute Gasteiger partial charge is 0.287 e. The van der Waals surface area contributed by atoms with E-state index >= 15 is 0 Å². The first-order chi connectivity index (χ1) is 17.4. The van der Waals surface area contributed by atoms with Crippen molar-refractivity contribution in [3.05, 3.63) is 57.7 Å². The zero-order valence-corrected chi connectivity index (χ0v) is 21.8. The molecule has 1 amide bonds. The maximum Gasteiger partial charge on any atom is 0.287 e. The van der Waals surface area contributed by atoms with Gasteiger partial charge in [-0.1, -0.05) is 12.5 Å². The van der Waals surface area contributed by atoms with E-state index in [1.165, 1.54) is 16.3 Å². The largest absolute Gasteiger partial charge is 0.511 e. The number of nitrogens with one attached hydrogen (secondary N) is 2. The predicted molar refractivity (Wildman–Crippen MR) is 132 cm³/mol. The Morgan fingerprint density at radius 3 is 2.73 bits per heavy atom. The summed E-state index contributed by atoms with van der Waals surface area (Å²) in [5, 5.41) is 15.4. The van der Waals surface area contributed by atoms with Gasteiger partial charge in [0, 0.05) is 42.2 Å². The molecule has 1 saturated carbocycles. The molecule has 3 N–H and O–H groups in total. The molecule has 1 aliphatic carbocycles. The number of sulfonamides is 2. The van der Waals surface area contributed by atoms with Gasteiger partial charge < -0.3 is 15.3 Å². The van der Waals surface area contributed by atoms with Crippen molar-refractivity contribution in [1.29, 1.82) is 0 Å². The zero-order valence-electron chi connectivity index (χ0n) is 19.4. The van der Waals surface area contributed by atoms with Gasteiger partial charge in [-0.2, -0.15) is 8.42 Å². The lowest BCUT2D eigenvalue weighted by Gasteiger charge is -2.38. The first-order valence-corrected chi connectivity index (χ1v) is 15.4. The Balaban J connectivity index is 1.52. The molecule has 0 spiro atoms. The summed E-state index contributed by atoms with van der Waals surface area (Å²) in [6.07, 6.45) is 2.72. The summed E-state index contributed by atoms with van der Waals surface area (Å²) in [6, 6.07) is 2.61. The topological polar surface area (TPSA) is 145 Å². The second-order valence-corrected chi connectivity index (χ2v) is 13.3. The standard InChI is InChI=1S/C22H22F2N4O6S3/c1-36(31,32)25-8-12-10-35-21-19(12)37(33,34)27-20(26-21)17-18(29)14-3-2-4-16(14)28(22(17)30)9-11-5-6-13(23)7-15(11)24/h5-7,10,14,16,25,29H,2-4,8-9H2,1H3,(H,26,27). The number of hydrogen-bond acceptors (Lipinski definition) is 8. The minimum atomic E-state index is -4.37. The van der Waals surface area contributed by atoms with Crippen molar-refractivity contribution in [3.8, 4) is 0 Å². The summed E-state index contributed by atoms with van der Waals surface area (Å²) < 4.78 is 83.0. The van der Waals surface area contributed by atoms with Gasteiger partial charge in [-0.25, -0.2) is 21.9 Å². The lowest BCUT2D eigenvalue weighted by Crippen LogP contribution is -2.49. The van der Waals surface area contributed by atoms with E-state index in [-0.39, 0.29) is 51.3 Å². The fourth-order valence-electron chi connectivity index (χ4n) is 4.95. The molecule has 0 saturated heterocycles. The van der Waals surface area contributed by atoms with Crippen LogP contribution in [0.5, 0.6) is 0 Å². The van der Waals surface area contributed by atoms with E-state index in [1.807, 2.05) is 0 Å². The summed E-state index contributed by atoms with van der Waals surface area (Å²) in [5.41, 5.74) is -0.0712. The molecule has 1 aromatic carbocycles. The van der Waals surface area contributed by atoms with Crippen molar-refractivity contribution in [2.24, 2.45) is 10.3 Å². The molecular formula is C22H22F2N4O6S3. The molecule has 0 bridgehead atoms. The SMILES string of the molecule is CS(=O)(=O)NCc1csc2c1S(=O)(=O)N=C(C1=C(O)C3CCCC3N(Cc3ccc(F)cc3F)C1=O)N2. The Kier molecular flexibility index (Phi) is 6.37. The van der Waals surface area contributed by atoms with Crippen LogP contribution in [0.1, 0.15) is 30.4 Å². The summed E-state index contributed by atoms with van der Waals surface area (Å²) in [6.45, 7) is -0.474. The number of amides is 1. The van der Waals surface area contributed by atoms with Gasteiger partial charge in [-0.3, -0.25) is 4.79 Å². The number of aliphatic hydroxyl groups is 1. The third-order valence-corrected chi connectivity index (χ3v) is 9.74. The van der Waals surface area contributed by atoms with Crippen molar-refractivity contribution in [2.75, 3.05) is 11.6 Å². The van der Waals surface area contributed by atoms with Gasteiger partial charge in [0.2, 0.25) is 10.0 Å². The predicted octanol–water partition coefficient (Wildman–Crippen LogP) is 2.61. The third kappa shape index (κ3) is 4.76. The average molecular weight is 573 g/mol. The van der Waals surface area contributed by atoms with E-state index in [4.69, 9.17) is 0 Å². The number of fused-ring (bicyclic) bond motifs is 2. The van der Waals surface area contributed by atoms with E-state index in [0.29, 0.717) is 19.3 Å². The molecule has 1 fully saturated rings. The van der Waals surface area contributed by atoms with Crippen LogP contribution < -0.4 is 10.0 Å². The lowest BCUT2D eigenvalue weighted by molar-refractivity contribution is -0.132. The number of nitrogens with zero attached hydrogens (tertiary/aromatic N) is 2. The Hall–Kier alpha value is -2.88. The maximum absolute atomic E-state index is 14.4. The number of benzene rings is 1. The number of carbonyl (C=O) groups is 1. The zero-order chi connectivity index (χ0) is 26.7. The van der Waals surface area contributed by atoms with Crippen molar-refractivity contribution >= 4 is 48.1 Å². The molecule has 1 aromatic heterocycles. The van der Waals surface area contributed by atoms with Gasteiger partial charge in [0.25, 0.3) is 15.9 Å². The Bertz CT molecular complexity index is 1580. The van der Waals surface area contributed by atoms with Gasteiger partial charge in [0.05, 0.1) is 6.26 Å². The summed E-state index contributed by atoms with van der Waals surface area (Å²) in [4.78, 5) is 14.8. The van der Waals surface area contributed by atoms with Crippen molar-refractivity contribution in [3.63, 3.8) is 0 Å². The maximum atomic E-state index is 14.4. The molecule has 2 atom stereocenters. The van der Waals surface area contributed by atoms with Gasteiger partial charge in [0.15, 0.2) is 5.84 Å². The van der Waals surface area contributed by atoms with Crippen molar-refractivity contribution in [2.45, 2.75) is 43.3 Å². The van der Waals surface area contributed by atoms with Gasteiger partial charge in [-0.15, -0.1) is 15.7 Å². The van der Waals surface area contributed by atoms with Gasteiger partial charge in [0.1, 0.15) is 32.9 Å². The highest BCUT2D eigenvalue weighted by molar-refractivity contribution is 7.91. The molecule has 2 aliphatic heterocycles. The van der Waals surface area contributed by atoms with Crippen LogP contribution in [0.15, 0.2) is 44.2 Å². The molecule has 10 nitrogen and oxygen atoms in total. The minimum absolute atomic E-state index is 0.0795. The van der Waals surface area contributed by atoms with E-state index in [1.54, 1.807) is 0 Å². The van der Waals surface area contributed by atoms with E-state index in [0.717, 1.165) is 29.7 Å². The Morgan fingerprint density at radius 1 is 1.27 bits per heavy atom. The van der Waals surface area contributed by atoms with Gasteiger partial charge >= 0.3 is 0 Å². The van der Waals surface area contributed by atoms with Crippen LogP contribution in [0.2, 0.25) is 0 Å². The van der Waals surface area contributed by atoms with Crippen LogP contribution in [0.25, 0.3) is 0 Å². The Labute approximate surface area is 215 Å². The molecule has 3 aliphatic rings. The van der Waals surface area contributed by atoms with Crippen LogP contribution in [0, 0.1) is 17.6 Å². The number of anilines is 1. The van der Waals surface area contributed by atoms with Crippen LogP contribution in [0.4, 0.5) is 13.8 Å². The van der Waals surface area contributed by atoms with E-state index in [9.17, 15) is 35.5 Å². The number of thiophene rings is 1. The molecule has 2 unspecified atom stereocenters. The number of amidine groups is 1. The quantitative estimate of drug-likeness (QED) is 0.483. The minimum Gasteiger partial charge on any atom is -0.511 e. The van der Waals surface area contributed by atoms with E-state index in [2.05, 4.69) is 14.4 Å². The normalized spacial score (nSPS) is 22.9. The molecule has 198 valence electrons. The highest BCUT2D eigenvalue weighted by Gasteiger charge is 2.47. The summed E-state index contributed by atoms with van der Waals surface area (Å²) in [5.74, 6) is -3.46. The first-order valence-electron chi connectivity index (χ1n) is 11.2. The highest BCUT2D eigenvalue weighted by atomic mass is 32.2. The second-order valence-electron chi connectivity index (χ2n) is 9.09. The first kappa shape index (κ1) is 25.8. The molecule has 2 aromatic rings. The highest BCUT2D eigenvalue weighted by Crippen LogP contribution is 2.43. The molecule has 3 heterocycles. The van der Waals surface area contributed by atoms with Crippen LogP contribution in [-0.4, -0.2) is 50.9 Å². The summed E-state index contributed by atoms with van der Waals surface area (Å²) in [7, 11) is -7.96. The fraction of sp³-hybridized carbons (Fsp3) is 0.364. The molecule has 37 heavy (non-hydrogen) atoms. The number of hydrogen-bond donors (Lipinski definition) is 3. The molecule has 15 heteroatoms. The number of carbonyl (C=O) groups excluding carboxylic acids is 1. The van der Waals surface area contributed by atoms with Crippen LogP contribution >= 0.6 is 11.3 Å². The molecular weight excluding hydrogens is 550 g/mol. The van der Waals surface area contributed by atoms with E-state index < -0.39 is 49.5 Å². The lowest BCUT2D eigenvalue weighted by atomic mass is 9.89. The van der Waals surface area contributed by atoms with Crippen molar-refractivity contribution < 1.29 is 35.5 Å². The van der Waals surface area contributed by atoms with Crippen LogP contribution in [0.3, 0.4) is 0 Å². The fourth-order valence-corrected chi connectivity index (χ4v) is 7.98. The summed E-state index contributed by atoms with van der Waals surface area (Å²) >= 11 is 0.981. The number of halogens is 2. The van der Waals surface area contributed by atoms with Gasteiger partial charge in [-0.05, 0) is 24.3 Å². The van der Waals surface area contributed by atoms with Crippen molar-refractivity contribution in [1.82, 2.24) is 9.62 Å². The average Bonchev–Trinajstić information content (AvgIpc) is 3.44. The monoisotopic (exact) mass is 572 g/mol. The number of aliphatic hydroxyl groups excluding tert-OH is 1. The van der Waals surface area contributed by atoms with Crippen LogP contribution in [-0.2, 0) is 37.9 Å². The Morgan fingerprint density at radius 2 is 2.03 bits per heavy atom. The number of rotatable bonds is 6. The molecule has 5 rings (SSSR count). The molecule has 0 radical (unpaired) electrons.